The van der Waals surface area contributed by atoms with Gasteiger partial charge in [0.15, 0.2) is 0 Å². The van der Waals surface area contributed by atoms with Crippen LogP contribution >= 0.6 is 0 Å². The molecule has 2 fully saturated rings. The van der Waals surface area contributed by atoms with Gasteiger partial charge in [0.25, 0.3) is 0 Å². The van der Waals surface area contributed by atoms with Gasteiger partial charge in [-0.05, 0) is 23.8 Å². The van der Waals surface area contributed by atoms with Crippen LogP contribution in [-0.2, 0) is 16.0 Å². The minimum Gasteiger partial charge on any atom is -0.296 e. The van der Waals surface area contributed by atoms with Crippen molar-refractivity contribution in [2.75, 3.05) is 0 Å². The Bertz CT molecular complexity index is 491. The van der Waals surface area contributed by atoms with Gasteiger partial charge in [-0.1, -0.05) is 56.0 Å². The van der Waals surface area contributed by atoms with E-state index in [9.17, 15) is 9.59 Å². The maximum atomic E-state index is 12.2. The number of nitrogens with one attached hydrogen (secondary N) is 1. The van der Waals surface area contributed by atoms with Crippen molar-refractivity contribution in [2.45, 2.75) is 38.5 Å². The predicted octanol–water partition coefficient (Wildman–Crippen LogP) is 2.70. The van der Waals surface area contributed by atoms with E-state index in [1.165, 1.54) is 31.2 Å². The summed E-state index contributed by atoms with van der Waals surface area (Å²) in [6, 6.07) is 10.1. The van der Waals surface area contributed by atoms with Gasteiger partial charge in [0.05, 0.1) is 0 Å². The Morgan fingerprint density at radius 2 is 1.75 bits per heavy atom. The Morgan fingerprint density at radius 3 is 2.45 bits per heavy atom. The summed E-state index contributed by atoms with van der Waals surface area (Å²) in [5.41, 5.74) is 1.19. The maximum Gasteiger partial charge on any atom is 0.230 e. The molecule has 2 atom stereocenters. The first-order valence-electron chi connectivity index (χ1n) is 7.61. The Hall–Kier alpha value is -1.64. The molecule has 2 aliphatic rings. The smallest absolute Gasteiger partial charge is 0.230 e. The average Bonchev–Trinajstić information content (AvgIpc) is 2.96. The Kier molecular flexibility index (Phi) is 3.86. The third-order valence-corrected chi connectivity index (χ3v) is 4.84. The van der Waals surface area contributed by atoms with E-state index in [0.717, 1.165) is 6.42 Å². The Labute approximate surface area is 119 Å². The molecular formula is C17H21NO2. The van der Waals surface area contributed by atoms with E-state index in [2.05, 4.69) is 17.4 Å². The number of amides is 2. The SMILES string of the molecule is O=C1CC(C2CCCC2)C(Cc2ccccc2)C(=O)N1. The van der Waals surface area contributed by atoms with Crippen LogP contribution in [0.1, 0.15) is 37.7 Å². The number of rotatable bonds is 3. The lowest BCUT2D eigenvalue weighted by molar-refractivity contribution is -0.140. The molecule has 0 aromatic heterocycles. The second-order valence-corrected chi connectivity index (χ2v) is 6.12. The number of hydrogen-bond acceptors (Lipinski definition) is 2. The van der Waals surface area contributed by atoms with Crippen LogP contribution in [-0.4, -0.2) is 11.8 Å². The summed E-state index contributed by atoms with van der Waals surface area (Å²) in [5, 5.41) is 2.53. The standard InChI is InChI=1S/C17H21NO2/c19-16-11-14(13-8-4-5-9-13)15(17(20)18-16)10-12-6-2-1-3-7-12/h1-3,6-7,13-15H,4-5,8-11H2,(H,18,19,20). The summed E-state index contributed by atoms with van der Waals surface area (Å²) >= 11 is 0. The van der Waals surface area contributed by atoms with Crippen molar-refractivity contribution in [3.05, 3.63) is 35.9 Å². The van der Waals surface area contributed by atoms with Gasteiger partial charge in [0.2, 0.25) is 11.8 Å². The predicted molar refractivity (Wildman–Crippen MR) is 76.9 cm³/mol. The topological polar surface area (TPSA) is 46.2 Å². The third kappa shape index (κ3) is 2.77. The molecule has 3 nitrogen and oxygen atoms in total. The fourth-order valence-electron chi connectivity index (χ4n) is 3.82. The minimum atomic E-state index is -0.0868. The van der Waals surface area contributed by atoms with E-state index >= 15 is 0 Å². The molecule has 3 rings (SSSR count). The van der Waals surface area contributed by atoms with Crippen molar-refractivity contribution in [3.8, 4) is 0 Å². The first kappa shape index (κ1) is 13.3. The molecule has 1 N–H and O–H groups in total. The van der Waals surface area contributed by atoms with Gasteiger partial charge in [-0.2, -0.15) is 0 Å². The highest BCUT2D eigenvalue weighted by Gasteiger charge is 2.40. The molecule has 106 valence electrons. The number of carbonyl (C=O) groups excluding carboxylic acids is 2. The monoisotopic (exact) mass is 271 g/mol. The number of carbonyl (C=O) groups is 2. The van der Waals surface area contributed by atoms with Crippen molar-refractivity contribution in [1.29, 1.82) is 0 Å². The molecule has 1 aromatic rings. The van der Waals surface area contributed by atoms with Crippen molar-refractivity contribution < 1.29 is 9.59 Å². The third-order valence-electron chi connectivity index (χ3n) is 4.84. The fourth-order valence-corrected chi connectivity index (χ4v) is 3.82. The zero-order chi connectivity index (χ0) is 13.9. The Morgan fingerprint density at radius 1 is 1.05 bits per heavy atom. The summed E-state index contributed by atoms with van der Waals surface area (Å²) in [6.07, 6.45) is 6.12. The highest BCUT2D eigenvalue weighted by Crippen LogP contribution is 2.39. The van der Waals surface area contributed by atoms with Crippen molar-refractivity contribution >= 4 is 11.8 Å². The van der Waals surface area contributed by atoms with Gasteiger partial charge in [-0.15, -0.1) is 0 Å². The lowest BCUT2D eigenvalue weighted by atomic mass is 9.73. The molecular weight excluding hydrogens is 250 g/mol. The molecule has 2 amide bonds. The summed E-state index contributed by atoms with van der Waals surface area (Å²) in [7, 11) is 0. The van der Waals surface area contributed by atoms with Crippen LogP contribution in [0.3, 0.4) is 0 Å². The van der Waals surface area contributed by atoms with Gasteiger partial charge in [-0.25, -0.2) is 0 Å². The van der Waals surface area contributed by atoms with E-state index in [1.807, 2.05) is 18.2 Å². The van der Waals surface area contributed by atoms with Gasteiger partial charge in [0.1, 0.15) is 0 Å². The molecule has 0 spiro atoms. The maximum absolute atomic E-state index is 12.2. The highest BCUT2D eigenvalue weighted by atomic mass is 16.2. The molecule has 3 heteroatoms. The van der Waals surface area contributed by atoms with Gasteiger partial charge >= 0.3 is 0 Å². The number of piperidine rings is 1. The molecule has 2 unspecified atom stereocenters. The Balaban J connectivity index is 1.80. The van der Waals surface area contributed by atoms with E-state index in [4.69, 9.17) is 0 Å². The van der Waals surface area contributed by atoms with Gasteiger partial charge in [0, 0.05) is 12.3 Å². The second-order valence-electron chi connectivity index (χ2n) is 6.12. The van der Waals surface area contributed by atoms with Gasteiger partial charge in [-0.3, -0.25) is 14.9 Å². The zero-order valence-electron chi connectivity index (χ0n) is 11.7. The molecule has 1 saturated carbocycles. The first-order chi connectivity index (χ1) is 9.74. The number of benzene rings is 1. The second kappa shape index (κ2) is 5.78. The van der Waals surface area contributed by atoms with Crippen LogP contribution in [0.2, 0.25) is 0 Å². The molecule has 1 heterocycles. The normalized spacial score (nSPS) is 27.6. The minimum absolute atomic E-state index is 0.0433. The summed E-state index contributed by atoms with van der Waals surface area (Å²) < 4.78 is 0. The molecule has 20 heavy (non-hydrogen) atoms. The van der Waals surface area contributed by atoms with Crippen LogP contribution in [0.15, 0.2) is 30.3 Å². The number of hydrogen-bond donors (Lipinski definition) is 1. The molecule has 1 aliphatic heterocycles. The number of imide groups is 1. The zero-order valence-corrected chi connectivity index (χ0v) is 11.7. The summed E-state index contributed by atoms with van der Waals surface area (Å²) in [6.45, 7) is 0. The highest BCUT2D eigenvalue weighted by molar-refractivity contribution is 5.99. The van der Waals surface area contributed by atoms with E-state index in [0.29, 0.717) is 12.3 Å². The van der Waals surface area contributed by atoms with E-state index in [-0.39, 0.29) is 23.7 Å². The van der Waals surface area contributed by atoms with Crippen LogP contribution < -0.4 is 5.32 Å². The van der Waals surface area contributed by atoms with E-state index in [1.54, 1.807) is 0 Å². The van der Waals surface area contributed by atoms with Gasteiger partial charge < -0.3 is 0 Å². The largest absolute Gasteiger partial charge is 0.296 e. The van der Waals surface area contributed by atoms with Crippen LogP contribution in [0, 0.1) is 17.8 Å². The molecule has 1 aromatic carbocycles. The summed E-state index contributed by atoms with van der Waals surface area (Å²) in [4.78, 5) is 24.0. The summed E-state index contributed by atoms with van der Waals surface area (Å²) in [5.74, 6) is 0.592. The molecule has 1 aliphatic carbocycles. The van der Waals surface area contributed by atoms with Crippen molar-refractivity contribution in [1.82, 2.24) is 5.32 Å². The lowest BCUT2D eigenvalue weighted by Crippen LogP contribution is -2.48. The fraction of sp³-hybridized carbons (Fsp3) is 0.529. The van der Waals surface area contributed by atoms with Crippen LogP contribution in [0.5, 0.6) is 0 Å². The van der Waals surface area contributed by atoms with E-state index < -0.39 is 0 Å². The van der Waals surface area contributed by atoms with Crippen LogP contribution in [0.4, 0.5) is 0 Å². The first-order valence-corrected chi connectivity index (χ1v) is 7.61. The quantitative estimate of drug-likeness (QED) is 0.859. The van der Waals surface area contributed by atoms with Crippen LogP contribution in [0.25, 0.3) is 0 Å². The van der Waals surface area contributed by atoms with Crippen molar-refractivity contribution in [2.24, 2.45) is 17.8 Å². The molecule has 1 saturated heterocycles. The molecule has 0 bridgehead atoms. The average molecular weight is 271 g/mol. The lowest BCUT2D eigenvalue weighted by Gasteiger charge is -2.34. The van der Waals surface area contributed by atoms with Crippen molar-refractivity contribution in [3.63, 3.8) is 0 Å². The molecule has 0 radical (unpaired) electrons.